The van der Waals surface area contributed by atoms with Gasteiger partial charge in [0.25, 0.3) is 0 Å². The van der Waals surface area contributed by atoms with Gasteiger partial charge in [0.15, 0.2) is 0 Å². The number of benzene rings is 1. The summed E-state index contributed by atoms with van der Waals surface area (Å²) in [7, 11) is 1.71. The molecule has 3 aromatic rings. The number of nitrogens with one attached hydrogen (secondary N) is 1. The zero-order valence-electron chi connectivity index (χ0n) is 11.5. The smallest absolute Gasteiger partial charge is 0.244 e. The van der Waals surface area contributed by atoms with E-state index in [1.165, 1.54) is 29.5 Å². The fourth-order valence-electron chi connectivity index (χ4n) is 2.17. The summed E-state index contributed by atoms with van der Waals surface area (Å²) in [6.45, 7) is 0.565. The average molecular weight is 287 g/mol. The zero-order chi connectivity index (χ0) is 14.8. The molecule has 7 heteroatoms. The monoisotopic (exact) mass is 287 g/mol. The fourth-order valence-corrected chi connectivity index (χ4v) is 2.17. The van der Waals surface area contributed by atoms with Gasteiger partial charge in [-0.15, -0.1) is 0 Å². The largest absolute Gasteiger partial charge is 0.357 e. The molecule has 1 amide bonds. The molecule has 0 saturated heterocycles. The van der Waals surface area contributed by atoms with Crippen molar-refractivity contribution >= 4 is 16.8 Å². The van der Waals surface area contributed by atoms with E-state index in [1.807, 2.05) is 6.07 Å². The molecule has 0 unspecified atom stereocenters. The number of fused-ring (bicyclic) bond motifs is 1. The molecule has 6 nitrogen and oxygen atoms in total. The summed E-state index contributed by atoms with van der Waals surface area (Å²) in [6.07, 6.45) is 2.89. The molecule has 0 saturated carbocycles. The Morgan fingerprint density at radius 2 is 2.29 bits per heavy atom. The van der Waals surface area contributed by atoms with E-state index in [9.17, 15) is 9.18 Å². The number of hydrogen-bond donors (Lipinski definition) is 1. The van der Waals surface area contributed by atoms with Gasteiger partial charge in [-0.3, -0.25) is 4.79 Å². The third-order valence-corrected chi connectivity index (χ3v) is 3.24. The lowest BCUT2D eigenvalue weighted by atomic mass is 10.2. The van der Waals surface area contributed by atoms with Crippen molar-refractivity contribution in [1.29, 1.82) is 0 Å². The van der Waals surface area contributed by atoms with Crippen molar-refractivity contribution in [3.8, 4) is 0 Å². The van der Waals surface area contributed by atoms with E-state index in [0.717, 1.165) is 16.6 Å². The van der Waals surface area contributed by atoms with Crippen molar-refractivity contribution in [2.75, 3.05) is 7.05 Å². The molecule has 0 aliphatic heterocycles. The molecule has 2 heterocycles. The summed E-state index contributed by atoms with van der Waals surface area (Å²) in [5.74, 6) is -0.353. The van der Waals surface area contributed by atoms with Crippen LogP contribution in [-0.2, 0) is 17.9 Å². The number of aromatic nitrogens is 4. The molecule has 108 valence electrons. The Balaban J connectivity index is 1.70. The van der Waals surface area contributed by atoms with Crippen LogP contribution in [-0.4, -0.2) is 37.6 Å². The maximum atomic E-state index is 13.2. The van der Waals surface area contributed by atoms with Crippen molar-refractivity contribution < 1.29 is 9.18 Å². The Morgan fingerprint density at radius 1 is 1.43 bits per heavy atom. The lowest BCUT2D eigenvalue weighted by molar-refractivity contribution is -0.131. The van der Waals surface area contributed by atoms with Gasteiger partial charge in [0.1, 0.15) is 25.0 Å². The highest BCUT2D eigenvalue weighted by Gasteiger charge is 2.12. The van der Waals surface area contributed by atoms with Crippen LogP contribution in [0.3, 0.4) is 0 Å². The number of H-pyrrole nitrogens is 1. The zero-order valence-corrected chi connectivity index (χ0v) is 11.5. The van der Waals surface area contributed by atoms with Gasteiger partial charge in [-0.2, -0.15) is 5.10 Å². The molecule has 0 atom stereocenters. The number of carbonyl (C=O) groups excluding carboxylic acids is 1. The van der Waals surface area contributed by atoms with Crippen LogP contribution in [0.25, 0.3) is 10.9 Å². The molecule has 2 aromatic heterocycles. The lowest BCUT2D eigenvalue weighted by Crippen LogP contribution is -2.30. The van der Waals surface area contributed by atoms with Crippen LogP contribution in [0.4, 0.5) is 4.39 Å². The van der Waals surface area contributed by atoms with E-state index in [-0.39, 0.29) is 18.3 Å². The number of rotatable bonds is 4. The molecular weight excluding hydrogens is 273 g/mol. The van der Waals surface area contributed by atoms with Gasteiger partial charge in [0.05, 0.1) is 6.54 Å². The second kappa shape index (κ2) is 5.35. The van der Waals surface area contributed by atoms with Crippen LogP contribution in [0.15, 0.2) is 36.9 Å². The molecular formula is C14H14FN5O. The quantitative estimate of drug-likeness (QED) is 0.792. The molecule has 1 N–H and O–H groups in total. The number of aromatic amines is 1. The third kappa shape index (κ3) is 2.91. The van der Waals surface area contributed by atoms with Crippen molar-refractivity contribution in [2.24, 2.45) is 0 Å². The van der Waals surface area contributed by atoms with Crippen LogP contribution in [0, 0.1) is 5.82 Å². The summed E-state index contributed by atoms with van der Waals surface area (Å²) in [5, 5.41) is 4.69. The van der Waals surface area contributed by atoms with Crippen molar-refractivity contribution in [3.05, 3.63) is 48.4 Å². The molecule has 1 aromatic carbocycles. The van der Waals surface area contributed by atoms with Crippen LogP contribution in [0.5, 0.6) is 0 Å². The molecule has 0 aliphatic rings. The molecule has 0 bridgehead atoms. The fraction of sp³-hybridized carbons (Fsp3) is 0.214. The summed E-state index contributed by atoms with van der Waals surface area (Å²) >= 11 is 0. The van der Waals surface area contributed by atoms with Gasteiger partial charge in [0.2, 0.25) is 5.91 Å². The van der Waals surface area contributed by atoms with Crippen LogP contribution in [0.1, 0.15) is 5.69 Å². The number of amides is 1. The summed E-state index contributed by atoms with van der Waals surface area (Å²) in [6, 6.07) is 6.40. The molecule has 0 spiro atoms. The Kier molecular flexibility index (Phi) is 3.39. The number of halogens is 1. The Labute approximate surface area is 120 Å². The van der Waals surface area contributed by atoms with Crippen molar-refractivity contribution in [1.82, 2.24) is 24.6 Å². The number of nitrogens with zero attached hydrogens (tertiary/aromatic N) is 4. The van der Waals surface area contributed by atoms with Crippen LogP contribution >= 0.6 is 0 Å². The molecule has 0 aliphatic carbocycles. The number of carbonyl (C=O) groups is 1. The van der Waals surface area contributed by atoms with E-state index in [4.69, 9.17) is 0 Å². The summed E-state index contributed by atoms with van der Waals surface area (Å²) in [5.41, 5.74) is 1.70. The molecule has 21 heavy (non-hydrogen) atoms. The van der Waals surface area contributed by atoms with E-state index in [0.29, 0.717) is 6.54 Å². The second-order valence-corrected chi connectivity index (χ2v) is 4.87. The van der Waals surface area contributed by atoms with Crippen molar-refractivity contribution in [3.63, 3.8) is 0 Å². The Hall–Kier alpha value is -2.70. The highest BCUT2D eigenvalue weighted by Crippen LogP contribution is 2.17. The normalized spacial score (nSPS) is 11.0. The van der Waals surface area contributed by atoms with Crippen LogP contribution in [0.2, 0.25) is 0 Å². The van der Waals surface area contributed by atoms with Gasteiger partial charge >= 0.3 is 0 Å². The first-order valence-electron chi connectivity index (χ1n) is 6.45. The number of hydrogen-bond acceptors (Lipinski definition) is 3. The Bertz CT molecular complexity index is 765. The minimum atomic E-state index is -0.274. The predicted octanol–water partition coefficient (Wildman–Crippen LogP) is 1.56. The standard InChI is InChI=1S/C14H14FN5O/c1-19(14(21)7-20-9-16-8-17-20)6-12-5-10-4-11(15)2-3-13(10)18-12/h2-5,8-9,18H,6-7H2,1H3. The Morgan fingerprint density at radius 3 is 3.05 bits per heavy atom. The first-order chi connectivity index (χ1) is 10.1. The predicted molar refractivity (Wildman–Crippen MR) is 74.8 cm³/mol. The first kappa shape index (κ1) is 13.3. The van der Waals surface area contributed by atoms with Gasteiger partial charge in [-0.25, -0.2) is 14.1 Å². The summed E-state index contributed by atoms with van der Waals surface area (Å²) in [4.78, 5) is 20.6. The number of likely N-dealkylation sites (N-methyl/N-ethyl adjacent to an activating group) is 1. The maximum absolute atomic E-state index is 13.2. The van der Waals surface area contributed by atoms with Gasteiger partial charge in [-0.1, -0.05) is 0 Å². The lowest BCUT2D eigenvalue weighted by Gasteiger charge is -2.16. The topological polar surface area (TPSA) is 66.8 Å². The first-order valence-corrected chi connectivity index (χ1v) is 6.45. The highest BCUT2D eigenvalue weighted by atomic mass is 19.1. The molecule has 3 rings (SSSR count). The minimum absolute atomic E-state index is 0.0784. The van der Waals surface area contributed by atoms with Gasteiger partial charge in [0, 0.05) is 23.6 Å². The van der Waals surface area contributed by atoms with Gasteiger partial charge in [-0.05, 0) is 24.3 Å². The summed E-state index contributed by atoms with van der Waals surface area (Å²) < 4.78 is 14.6. The highest BCUT2D eigenvalue weighted by molar-refractivity contribution is 5.81. The molecule has 0 fully saturated rings. The van der Waals surface area contributed by atoms with Crippen molar-refractivity contribution in [2.45, 2.75) is 13.1 Å². The van der Waals surface area contributed by atoms with E-state index in [2.05, 4.69) is 15.1 Å². The van der Waals surface area contributed by atoms with E-state index < -0.39 is 0 Å². The van der Waals surface area contributed by atoms with E-state index in [1.54, 1.807) is 18.0 Å². The minimum Gasteiger partial charge on any atom is -0.357 e. The van der Waals surface area contributed by atoms with Gasteiger partial charge < -0.3 is 9.88 Å². The molecule has 0 radical (unpaired) electrons. The SMILES string of the molecule is CN(Cc1cc2cc(F)ccc2[nH]1)C(=O)Cn1cncn1. The van der Waals surface area contributed by atoms with E-state index >= 15 is 0 Å². The maximum Gasteiger partial charge on any atom is 0.244 e. The second-order valence-electron chi connectivity index (χ2n) is 4.87. The van der Waals surface area contributed by atoms with Crippen LogP contribution < -0.4 is 0 Å². The average Bonchev–Trinajstić information content (AvgIpc) is 3.07. The third-order valence-electron chi connectivity index (χ3n) is 3.24.